The first kappa shape index (κ1) is 15.0. The minimum absolute atomic E-state index is 0.462. The van der Waals surface area contributed by atoms with Gasteiger partial charge in [-0.25, -0.2) is 0 Å². The van der Waals surface area contributed by atoms with Gasteiger partial charge in [-0.1, -0.05) is 26.0 Å². The minimum Gasteiger partial charge on any atom is -0.315 e. The number of hydrogen-bond acceptors (Lipinski definition) is 4. The number of likely N-dealkylation sites (N-methyl/N-ethyl adjacent to an activating group) is 2. The normalized spacial score (nSPS) is 12.1. The van der Waals surface area contributed by atoms with E-state index in [0.29, 0.717) is 6.04 Å². The number of nitrogens with one attached hydrogen (secondary N) is 2. The van der Waals surface area contributed by atoms with E-state index in [1.165, 1.54) is 17.3 Å². The Labute approximate surface area is 114 Å². The van der Waals surface area contributed by atoms with Crippen LogP contribution in [0.4, 0.5) is 0 Å². The summed E-state index contributed by atoms with van der Waals surface area (Å²) >= 11 is 1.20. The van der Waals surface area contributed by atoms with Gasteiger partial charge in [0.05, 0.1) is 0 Å². The Morgan fingerprint density at radius 2 is 1.94 bits per heavy atom. The van der Waals surface area contributed by atoms with Crippen molar-refractivity contribution in [3.05, 3.63) is 29.8 Å². The molecule has 0 spiro atoms. The zero-order valence-corrected chi connectivity index (χ0v) is 11.9. The van der Waals surface area contributed by atoms with Crippen molar-refractivity contribution in [1.82, 2.24) is 10.6 Å². The van der Waals surface area contributed by atoms with Crippen molar-refractivity contribution in [2.45, 2.75) is 31.2 Å². The van der Waals surface area contributed by atoms with E-state index < -0.39 is 0 Å². The number of nitriles is 1. The van der Waals surface area contributed by atoms with Gasteiger partial charge in [0.2, 0.25) is 0 Å². The van der Waals surface area contributed by atoms with E-state index in [1.807, 2.05) is 12.1 Å². The second-order valence-electron chi connectivity index (χ2n) is 4.10. The Balaban J connectivity index is 2.54. The third-order valence-electron chi connectivity index (χ3n) is 2.70. The fourth-order valence-electron chi connectivity index (χ4n) is 1.85. The summed E-state index contributed by atoms with van der Waals surface area (Å²) in [6.07, 6.45) is 1.01. The monoisotopic (exact) mass is 263 g/mol. The van der Waals surface area contributed by atoms with Crippen molar-refractivity contribution in [1.29, 1.82) is 5.26 Å². The number of rotatable bonds is 8. The van der Waals surface area contributed by atoms with Crippen molar-refractivity contribution in [2.24, 2.45) is 0 Å². The zero-order valence-electron chi connectivity index (χ0n) is 11.1. The van der Waals surface area contributed by atoms with Crippen molar-refractivity contribution >= 4 is 11.8 Å². The Bertz CT molecular complexity index is 370. The van der Waals surface area contributed by atoms with Crippen LogP contribution in [-0.4, -0.2) is 25.7 Å². The molecule has 0 aliphatic carbocycles. The second kappa shape index (κ2) is 8.98. The molecule has 4 heteroatoms. The zero-order chi connectivity index (χ0) is 13.2. The second-order valence-corrected chi connectivity index (χ2v) is 4.96. The van der Waals surface area contributed by atoms with Crippen LogP contribution in [0.2, 0.25) is 0 Å². The van der Waals surface area contributed by atoms with Crippen LogP contribution in [0.15, 0.2) is 29.2 Å². The molecule has 0 saturated carbocycles. The summed E-state index contributed by atoms with van der Waals surface area (Å²) < 4.78 is 0. The van der Waals surface area contributed by atoms with Crippen molar-refractivity contribution in [3.63, 3.8) is 0 Å². The van der Waals surface area contributed by atoms with Crippen LogP contribution in [0.1, 0.15) is 19.4 Å². The Hall–Kier alpha value is -1.02. The highest BCUT2D eigenvalue weighted by molar-refractivity contribution is 8.03. The topological polar surface area (TPSA) is 47.9 Å². The van der Waals surface area contributed by atoms with Crippen LogP contribution >= 0.6 is 11.8 Å². The average molecular weight is 263 g/mol. The summed E-state index contributed by atoms with van der Waals surface area (Å²) in [5, 5.41) is 17.5. The fraction of sp³-hybridized carbons (Fsp3) is 0.500. The van der Waals surface area contributed by atoms with Crippen molar-refractivity contribution < 1.29 is 0 Å². The van der Waals surface area contributed by atoms with E-state index >= 15 is 0 Å². The molecule has 2 N–H and O–H groups in total. The number of hydrogen-bond donors (Lipinski definition) is 2. The molecule has 0 amide bonds. The van der Waals surface area contributed by atoms with Crippen LogP contribution in [0.3, 0.4) is 0 Å². The van der Waals surface area contributed by atoms with Crippen LogP contribution < -0.4 is 10.6 Å². The number of thioether (sulfide) groups is 1. The quantitative estimate of drug-likeness (QED) is 0.558. The lowest BCUT2D eigenvalue weighted by Gasteiger charge is -2.18. The van der Waals surface area contributed by atoms with E-state index in [4.69, 9.17) is 5.26 Å². The summed E-state index contributed by atoms with van der Waals surface area (Å²) in [5.41, 5.74) is 1.31. The van der Waals surface area contributed by atoms with E-state index in [0.717, 1.165) is 31.0 Å². The Morgan fingerprint density at radius 3 is 2.50 bits per heavy atom. The van der Waals surface area contributed by atoms with Gasteiger partial charge >= 0.3 is 0 Å². The van der Waals surface area contributed by atoms with Gasteiger partial charge in [-0.15, -0.1) is 0 Å². The van der Waals surface area contributed by atoms with E-state index in [-0.39, 0.29) is 0 Å². The molecule has 0 aliphatic rings. The van der Waals surface area contributed by atoms with Gasteiger partial charge in [0.1, 0.15) is 5.40 Å². The standard InChI is InChI=1S/C14H21N3S/c1-3-16-10-13(17-4-2)9-12-5-7-14(8-6-12)18-11-15/h5-8,13,16-17H,3-4,9-10H2,1-2H3. The van der Waals surface area contributed by atoms with Gasteiger partial charge < -0.3 is 10.6 Å². The highest BCUT2D eigenvalue weighted by Gasteiger charge is 2.07. The lowest BCUT2D eigenvalue weighted by molar-refractivity contribution is 0.488. The largest absolute Gasteiger partial charge is 0.315 e. The lowest BCUT2D eigenvalue weighted by atomic mass is 10.1. The molecular formula is C14H21N3S. The fourth-order valence-corrected chi connectivity index (χ4v) is 2.23. The summed E-state index contributed by atoms with van der Waals surface area (Å²) in [4.78, 5) is 1.01. The molecule has 3 nitrogen and oxygen atoms in total. The number of thiocyanates is 1. The minimum atomic E-state index is 0.462. The molecule has 0 saturated heterocycles. The molecule has 18 heavy (non-hydrogen) atoms. The van der Waals surface area contributed by atoms with E-state index in [9.17, 15) is 0 Å². The van der Waals surface area contributed by atoms with Gasteiger partial charge in [-0.05, 0) is 49.0 Å². The maximum Gasteiger partial charge on any atom is 0.138 e. The first-order valence-corrected chi connectivity index (χ1v) is 7.20. The van der Waals surface area contributed by atoms with Gasteiger partial charge in [0.25, 0.3) is 0 Å². The molecule has 0 bridgehead atoms. The molecule has 0 aromatic heterocycles. The molecule has 1 unspecified atom stereocenters. The first-order valence-electron chi connectivity index (χ1n) is 6.39. The third-order valence-corrected chi connectivity index (χ3v) is 3.30. The van der Waals surface area contributed by atoms with Crippen molar-refractivity contribution in [3.8, 4) is 5.40 Å². The van der Waals surface area contributed by atoms with Crippen LogP contribution in [0, 0.1) is 10.7 Å². The molecule has 1 aromatic carbocycles. The summed E-state index contributed by atoms with van der Waals surface area (Å²) in [6.45, 7) is 7.22. The SMILES string of the molecule is CCNCC(Cc1ccc(SC#N)cc1)NCC. The van der Waals surface area contributed by atoms with Crippen molar-refractivity contribution in [2.75, 3.05) is 19.6 Å². The molecule has 1 atom stereocenters. The van der Waals surface area contributed by atoms with Gasteiger partial charge in [0.15, 0.2) is 0 Å². The smallest absolute Gasteiger partial charge is 0.138 e. The predicted octanol–water partition coefficient (Wildman–Crippen LogP) is 2.39. The summed E-state index contributed by atoms with van der Waals surface area (Å²) in [7, 11) is 0. The number of benzene rings is 1. The van der Waals surface area contributed by atoms with Gasteiger partial charge in [-0.3, -0.25) is 0 Å². The first-order chi connectivity index (χ1) is 8.80. The van der Waals surface area contributed by atoms with E-state index in [2.05, 4.69) is 42.0 Å². The molecule has 98 valence electrons. The predicted molar refractivity (Wildman–Crippen MR) is 77.6 cm³/mol. The van der Waals surface area contributed by atoms with Crippen LogP contribution in [-0.2, 0) is 6.42 Å². The summed E-state index contributed by atoms with van der Waals surface area (Å²) in [6, 6.07) is 8.70. The average Bonchev–Trinajstić information content (AvgIpc) is 2.39. The van der Waals surface area contributed by atoms with Crippen LogP contribution in [0.25, 0.3) is 0 Å². The molecule has 0 aliphatic heterocycles. The van der Waals surface area contributed by atoms with E-state index in [1.54, 1.807) is 0 Å². The molecular weight excluding hydrogens is 242 g/mol. The van der Waals surface area contributed by atoms with Gasteiger partial charge in [-0.2, -0.15) is 5.26 Å². The maximum atomic E-state index is 8.60. The Kier molecular flexibility index (Phi) is 7.51. The highest BCUT2D eigenvalue weighted by Crippen LogP contribution is 2.17. The highest BCUT2D eigenvalue weighted by atomic mass is 32.2. The van der Waals surface area contributed by atoms with Crippen LogP contribution in [0.5, 0.6) is 0 Å². The molecule has 1 aromatic rings. The molecule has 0 radical (unpaired) electrons. The Morgan fingerprint density at radius 1 is 1.22 bits per heavy atom. The number of nitrogens with zero attached hydrogens (tertiary/aromatic N) is 1. The third kappa shape index (κ3) is 5.54. The van der Waals surface area contributed by atoms with Gasteiger partial charge in [0, 0.05) is 17.5 Å². The summed E-state index contributed by atoms with van der Waals surface area (Å²) in [5.74, 6) is 0. The lowest BCUT2D eigenvalue weighted by Crippen LogP contribution is -2.40. The maximum absolute atomic E-state index is 8.60. The molecule has 0 heterocycles. The molecule has 0 fully saturated rings. The molecule has 1 rings (SSSR count).